The SMILES string of the molecule is CCOC(=O)c1ccc2nc(-c3cccc4c(Br)cccc34)[nH]c2c1. The summed E-state index contributed by atoms with van der Waals surface area (Å²) in [6.07, 6.45) is 0. The Kier molecular flexibility index (Phi) is 4.01. The number of nitrogens with one attached hydrogen (secondary N) is 1. The minimum atomic E-state index is -0.324. The second kappa shape index (κ2) is 6.33. The van der Waals surface area contributed by atoms with E-state index in [1.165, 1.54) is 0 Å². The van der Waals surface area contributed by atoms with Gasteiger partial charge >= 0.3 is 5.97 Å². The van der Waals surface area contributed by atoms with Gasteiger partial charge in [-0.2, -0.15) is 0 Å². The number of halogens is 1. The second-order valence-electron chi connectivity index (χ2n) is 5.68. The van der Waals surface area contributed by atoms with Crippen LogP contribution in [0.15, 0.2) is 59.1 Å². The number of H-pyrrole nitrogens is 1. The van der Waals surface area contributed by atoms with Gasteiger partial charge in [0.25, 0.3) is 0 Å². The summed E-state index contributed by atoms with van der Waals surface area (Å²) in [6, 6.07) is 17.6. The molecule has 124 valence electrons. The van der Waals surface area contributed by atoms with Gasteiger partial charge in [0.05, 0.1) is 23.2 Å². The highest BCUT2D eigenvalue weighted by Gasteiger charge is 2.12. The van der Waals surface area contributed by atoms with Crippen molar-refractivity contribution in [3.63, 3.8) is 0 Å². The van der Waals surface area contributed by atoms with Crippen LogP contribution >= 0.6 is 15.9 Å². The van der Waals surface area contributed by atoms with Gasteiger partial charge in [0.15, 0.2) is 0 Å². The number of esters is 1. The molecule has 0 fully saturated rings. The fourth-order valence-electron chi connectivity index (χ4n) is 2.96. The highest BCUT2D eigenvalue weighted by atomic mass is 79.9. The summed E-state index contributed by atoms with van der Waals surface area (Å²) in [5, 5.41) is 2.24. The third-order valence-electron chi connectivity index (χ3n) is 4.12. The van der Waals surface area contributed by atoms with E-state index in [4.69, 9.17) is 4.74 Å². The zero-order chi connectivity index (χ0) is 17.4. The van der Waals surface area contributed by atoms with Crippen molar-refractivity contribution in [3.05, 3.63) is 64.6 Å². The third kappa shape index (κ3) is 2.81. The second-order valence-corrected chi connectivity index (χ2v) is 6.53. The number of hydrogen-bond acceptors (Lipinski definition) is 3. The van der Waals surface area contributed by atoms with Gasteiger partial charge in [-0.05, 0) is 42.0 Å². The molecule has 1 heterocycles. The molecule has 1 aromatic heterocycles. The van der Waals surface area contributed by atoms with Crippen molar-refractivity contribution in [1.29, 1.82) is 0 Å². The molecule has 0 spiro atoms. The zero-order valence-electron chi connectivity index (χ0n) is 13.5. The molecule has 4 nitrogen and oxygen atoms in total. The number of nitrogens with zero attached hydrogens (tertiary/aromatic N) is 1. The Labute approximate surface area is 153 Å². The van der Waals surface area contributed by atoms with Gasteiger partial charge in [-0.1, -0.05) is 46.3 Å². The van der Waals surface area contributed by atoms with E-state index >= 15 is 0 Å². The van der Waals surface area contributed by atoms with E-state index in [1.54, 1.807) is 19.1 Å². The van der Waals surface area contributed by atoms with E-state index in [2.05, 4.69) is 38.0 Å². The highest BCUT2D eigenvalue weighted by molar-refractivity contribution is 9.10. The molecule has 4 aromatic rings. The Morgan fingerprint density at radius 3 is 2.76 bits per heavy atom. The molecular weight excluding hydrogens is 380 g/mol. The molecule has 1 N–H and O–H groups in total. The summed E-state index contributed by atoms with van der Waals surface area (Å²) >= 11 is 3.60. The average molecular weight is 395 g/mol. The van der Waals surface area contributed by atoms with Gasteiger partial charge in [-0.25, -0.2) is 9.78 Å². The summed E-state index contributed by atoms with van der Waals surface area (Å²) in [5.74, 6) is 0.453. The Bertz CT molecular complexity index is 1100. The van der Waals surface area contributed by atoms with E-state index in [0.717, 1.165) is 37.7 Å². The summed E-state index contributed by atoms with van der Waals surface area (Å²) in [5.41, 5.74) is 3.17. The van der Waals surface area contributed by atoms with E-state index in [0.29, 0.717) is 12.2 Å². The molecule has 4 rings (SSSR count). The first-order valence-corrected chi connectivity index (χ1v) is 8.81. The lowest BCUT2D eigenvalue weighted by molar-refractivity contribution is 0.0526. The van der Waals surface area contributed by atoms with Crippen LogP contribution in [-0.4, -0.2) is 22.5 Å². The van der Waals surface area contributed by atoms with Crippen LogP contribution in [0.3, 0.4) is 0 Å². The maximum absolute atomic E-state index is 11.9. The van der Waals surface area contributed by atoms with Crippen LogP contribution in [0.25, 0.3) is 33.2 Å². The number of carbonyl (C=O) groups excluding carboxylic acids is 1. The minimum Gasteiger partial charge on any atom is -0.462 e. The summed E-state index contributed by atoms with van der Waals surface area (Å²) in [6.45, 7) is 2.15. The molecule has 0 aliphatic rings. The molecule has 0 aliphatic carbocycles. The topological polar surface area (TPSA) is 55.0 Å². The number of ether oxygens (including phenoxy) is 1. The number of aromatic nitrogens is 2. The van der Waals surface area contributed by atoms with Crippen LogP contribution in [0.4, 0.5) is 0 Å². The number of fused-ring (bicyclic) bond motifs is 2. The minimum absolute atomic E-state index is 0.324. The molecular formula is C20H15BrN2O2. The number of hydrogen-bond donors (Lipinski definition) is 1. The number of carbonyl (C=O) groups is 1. The fraction of sp³-hybridized carbons (Fsp3) is 0.100. The Balaban J connectivity index is 1.85. The molecule has 5 heteroatoms. The van der Waals surface area contributed by atoms with Gasteiger partial charge < -0.3 is 9.72 Å². The summed E-state index contributed by atoms with van der Waals surface area (Å²) in [4.78, 5) is 19.9. The average Bonchev–Trinajstić information content (AvgIpc) is 3.05. The molecule has 0 saturated carbocycles. The van der Waals surface area contributed by atoms with E-state index in [9.17, 15) is 4.79 Å². The van der Waals surface area contributed by atoms with Crippen LogP contribution < -0.4 is 0 Å². The van der Waals surface area contributed by atoms with Crippen molar-refractivity contribution in [2.24, 2.45) is 0 Å². The lowest BCUT2D eigenvalue weighted by Gasteiger charge is -2.05. The van der Waals surface area contributed by atoms with Crippen molar-refractivity contribution in [2.45, 2.75) is 6.92 Å². The maximum Gasteiger partial charge on any atom is 0.338 e. The van der Waals surface area contributed by atoms with Gasteiger partial charge in [0.1, 0.15) is 5.82 Å². The van der Waals surface area contributed by atoms with Crippen molar-refractivity contribution in [2.75, 3.05) is 6.61 Å². The van der Waals surface area contributed by atoms with Crippen molar-refractivity contribution >= 4 is 43.7 Å². The van der Waals surface area contributed by atoms with Crippen molar-refractivity contribution in [1.82, 2.24) is 9.97 Å². The van der Waals surface area contributed by atoms with Crippen molar-refractivity contribution < 1.29 is 9.53 Å². The van der Waals surface area contributed by atoms with Gasteiger partial charge in [0.2, 0.25) is 0 Å². The maximum atomic E-state index is 11.9. The number of imidazole rings is 1. The molecule has 25 heavy (non-hydrogen) atoms. The fourth-order valence-corrected chi connectivity index (χ4v) is 3.46. The van der Waals surface area contributed by atoms with Crippen LogP contribution in [0.1, 0.15) is 17.3 Å². The first-order valence-electron chi connectivity index (χ1n) is 8.02. The Hall–Kier alpha value is -2.66. The largest absolute Gasteiger partial charge is 0.462 e. The van der Waals surface area contributed by atoms with Crippen LogP contribution in [0, 0.1) is 0 Å². The third-order valence-corrected chi connectivity index (χ3v) is 4.81. The lowest BCUT2D eigenvalue weighted by atomic mass is 10.0. The molecule has 0 unspecified atom stereocenters. The number of aromatic amines is 1. The van der Waals surface area contributed by atoms with Crippen LogP contribution in [0.5, 0.6) is 0 Å². The standard InChI is InChI=1S/C20H15BrN2O2/c1-2-25-20(24)12-9-10-17-18(11-12)23-19(22-17)15-7-3-6-14-13(15)5-4-8-16(14)21/h3-11H,2H2,1H3,(H,22,23). The predicted octanol–water partition coefficient (Wildman–Crippen LogP) is 5.32. The molecule has 0 radical (unpaired) electrons. The zero-order valence-corrected chi connectivity index (χ0v) is 15.1. The normalized spacial score (nSPS) is 11.1. The lowest BCUT2D eigenvalue weighted by Crippen LogP contribution is -2.04. The predicted molar refractivity (Wildman–Crippen MR) is 103 cm³/mol. The Morgan fingerprint density at radius 1 is 1.12 bits per heavy atom. The van der Waals surface area contributed by atoms with Gasteiger partial charge in [-0.15, -0.1) is 0 Å². The first kappa shape index (κ1) is 15.8. The summed E-state index contributed by atoms with van der Waals surface area (Å²) < 4.78 is 6.11. The van der Waals surface area contributed by atoms with Crippen LogP contribution in [0.2, 0.25) is 0 Å². The molecule has 0 atom stereocenters. The smallest absolute Gasteiger partial charge is 0.338 e. The molecule has 0 amide bonds. The monoisotopic (exact) mass is 394 g/mol. The van der Waals surface area contributed by atoms with Gasteiger partial charge in [-0.3, -0.25) is 0 Å². The first-order chi connectivity index (χ1) is 12.2. The van der Waals surface area contributed by atoms with E-state index in [1.807, 2.05) is 30.3 Å². The highest BCUT2D eigenvalue weighted by Crippen LogP contribution is 2.32. The van der Waals surface area contributed by atoms with Crippen LogP contribution in [-0.2, 0) is 4.74 Å². The van der Waals surface area contributed by atoms with Crippen molar-refractivity contribution in [3.8, 4) is 11.4 Å². The quantitative estimate of drug-likeness (QED) is 0.478. The number of benzene rings is 3. The summed E-state index contributed by atoms with van der Waals surface area (Å²) in [7, 11) is 0. The number of rotatable bonds is 3. The van der Waals surface area contributed by atoms with E-state index in [-0.39, 0.29) is 5.97 Å². The Morgan fingerprint density at radius 2 is 1.92 bits per heavy atom. The van der Waals surface area contributed by atoms with E-state index < -0.39 is 0 Å². The molecule has 0 aliphatic heterocycles. The molecule has 0 saturated heterocycles. The molecule has 0 bridgehead atoms. The molecule has 3 aromatic carbocycles. The van der Waals surface area contributed by atoms with Gasteiger partial charge in [0, 0.05) is 10.0 Å².